The average Bonchev–Trinajstić information content (AvgIpc) is 2.88. The molecule has 3 rings (SSSR count). The average molecular weight is 319 g/mol. The molecule has 0 atom stereocenters. The van der Waals surface area contributed by atoms with Gasteiger partial charge in [-0.25, -0.2) is 9.37 Å². The van der Waals surface area contributed by atoms with Crippen molar-refractivity contribution in [3.8, 4) is 5.88 Å². The Kier molecular flexibility index (Phi) is 4.27. The van der Waals surface area contributed by atoms with Crippen molar-refractivity contribution in [1.29, 1.82) is 0 Å². The third kappa shape index (κ3) is 3.18. The van der Waals surface area contributed by atoms with Crippen LogP contribution < -0.4 is 4.74 Å². The maximum absolute atomic E-state index is 13.6. The first-order valence-corrected chi connectivity index (χ1v) is 7.55. The highest BCUT2D eigenvalue weighted by Crippen LogP contribution is 2.22. The van der Waals surface area contributed by atoms with Crippen molar-refractivity contribution < 1.29 is 18.4 Å². The Hall–Kier alpha value is -2.44. The van der Waals surface area contributed by atoms with Crippen molar-refractivity contribution in [3.63, 3.8) is 0 Å². The number of carbonyl (C=O) groups is 1. The molecule has 0 saturated carbocycles. The molecule has 1 saturated heterocycles. The molecule has 0 unspecified atom stereocenters. The molecule has 6 nitrogen and oxygen atoms in total. The summed E-state index contributed by atoms with van der Waals surface area (Å²) in [6.45, 7) is 4.57. The number of nitrogens with zero attached hydrogens (tertiary/aromatic N) is 3. The maximum atomic E-state index is 13.6. The summed E-state index contributed by atoms with van der Waals surface area (Å²) in [6.07, 6.45) is 2.61. The van der Waals surface area contributed by atoms with Crippen LogP contribution in [0.4, 0.5) is 4.39 Å². The zero-order valence-corrected chi connectivity index (χ0v) is 13.1. The fourth-order valence-electron chi connectivity index (χ4n) is 2.74. The molecule has 3 heterocycles. The molecule has 122 valence electrons. The fourth-order valence-corrected chi connectivity index (χ4v) is 2.74. The van der Waals surface area contributed by atoms with Gasteiger partial charge in [-0.2, -0.15) is 0 Å². The molecule has 2 aromatic heterocycles. The van der Waals surface area contributed by atoms with Gasteiger partial charge in [0.25, 0.3) is 11.8 Å². The number of hydrogen-bond acceptors (Lipinski definition) is 5. The molecule has 0 aromatic carbocycles. The van der Waals surface area contributed by atoms with Crippen molar-refractivity contribution in [2.75, 3.05) is 13.1 Å². The van der Waals surface area contributed by atoms with Crippen LogP contribution in [0.1, 0.15) is 34.7 Å². The number of aromatic nitrogens is 2. The molecule has 1 aliphatic rings. The minimum atomic E-state index is -0.471. The van der Waals surface area contributed by atoms with E-state index >= 15 is 0 Å². The first-order chi connectivity index (χ1) is 11.1. The molecule has 1 fully saturated rings. The summed E-state index contributed by atoms with van der Waals surface area (Å²) in [5.41, 5.74) is 1.13. The molecular formula is C16H18FN3O3. The SMILES string of the molecule is Cc1noc(C)c1C(=O)N1CCC(Oc2ncccc2F)CC1. The van der Waals surface area contributed by atoms with E-state index in [9.17, 15) is 9.18 Å². The van der Waals surface area contributed by atoms with Gasteiger partial charge < -0.3 is 14.2 Å². The minimum Gasteiger partial charge on any atom is -0.472 e. The van der Waals surface area contributed by atoms with E-state index in [0.29, 0.717) is 42.9 Å². The van der Waals surface area contributed by atoms with Gasteiger partial charge in [0.05, 0.1) is 5.69 Å². The Morgan fingerprint density at radius 2 is 2.13 bits per heavy atom. The van der Waals surface area contributed by atoms with Gasteiger partial charge in [-0.15, -0.1) is 0 Å². The highest BCUT2D eigenvalue weighted by Gasteiger charge is 2.28. The van der Waals surface area contributed by atoms with Gasteiger partial charge in [0.1, 0.15) is 17.4 Å². The second-order valence-corrected chi connectivity index (χ2v) is 5.60. The summed E-state index contributed by atoms with van der Waals surface area (Å²) in [6, 6.07) is 2.84. The number of amides is 1. The van der Waals surface area contributed by atoms with Gasteiger partial charge in [0, 0.05) is 32.1 Å². The molecule has 0 aliphatic carbocycles. The van der Waals surface area contributed by atoms with Gasteiger partial charge in [-0.1, -0.05) is 5.16 Å². The number of ether oxygens (including phenoxy) is 1. The van der Waals surface area contributed by atoms with E-state index in [1.54, 1.807) is 18.7 Å². The predicted molar refractivity (Wildman–Crippen MR) is 79.7 cm³/mol. The van der Waals surface area contributed by atoms with Crippen LogP contribution in [-0.4, -0.2) is 40.1 Å². The summed E-state index contributed by atoms with van der Waals surface area (Å²) in [5, 5.41) is 3.82. The van der Waals surface area contributed by atoms with Gasteiger partial charge in [-0.3, -0.25) is 4.79 Å². The Morgan fingerprint density at radius 3 is 2.74 bits per heavy atom. The summed E-state index contributed by atoms with van der Waals surface area (Å²) in [5.74, 6) is -0.00475. The Balaban J connectivity index is 1.60. The summed E-state index contributed by atoms with van der Waals surface area (Å²) >= 11 is 0. The van der Waals surface area contributed by atoms with E-state index in [2.05, 4.69) is 10.1 Å². The highest BCUT2D eigenvalue weighted by molar-refractivity contribution is 5.96. The molecular weight excluding hydrogens is 301 g/mol. The van der Waals surface area contributed by atoms with Crippen LogP contribution in [0, 0.1) is 19.7 Å². The molecule has 0 radical (unpaired) electrons. The monoisotopic (exact) mass is 319 g/mol. The lowest BCUT2D eigenvalue weighted by molar-refractivity contribution is 0.0577. The first kappa shape index (κ1) is 15.5. The van der Waals surface area contributed by atoms with Crippen LogP contribution in [0.2, 0.25) is 0 Å². The van der Waals surface area contributed by atoms with Gasteiger partial charge in [0.2, 0.25) is 0 Å². The Labute approximate surface area is 133 Å². The molecule has 1 aliphatic heterocycles. The van der Waals surface area contributed by atoms with Crippen molar-refractivity contribution >= 4 is 5.91 Å². The summed E-state index contributed by atoms with van der Waals surface area (Å²) < 4.78 is 24.2. The van der Waals surface area contributed by atoms with E-state index in [1.807, 2.05) is 0 Å². The molecule has 1 amide bonds. The number of halogens is 1. The summed E-state index contributed by atoms with van der Waals surface area (Å²) in [4.78, 5) is 18.2. The standard InChI is InChI=1S/C16H18FN3O3/c1-10-14(11(2)23-19-10)16(21)20-8-5-12(6-9-20)22-15-13(17)4-3-7-18-15/h3-4,7,12H,5-6,8-9H2,1-2H3. The van der Waals surface area contributed by atoms with Gasteiger partial charge >= 0.3 is 0 Å². The Morgan fingerprint density at radius 1 is 1.39 bits per heavy atom. The number of rotatable bonds is 3. The summed E-state index contributed by atoms with van der Waals surface area (Å²) in [7, 11) is 0. The molecule has 2 aromatic rings. The van der Waals surface area contributed by atoms with E-state index < -0.39 is 5.82 Å². The quantitative estimate of drug-likeness (QED) is 0.869. The zero-order chi connectivity index (χ0) is 16.4. The normalized spacial score (nSPS) is 15.7. The van der Waals surface area contributed by atoms with Gasteiger partial charge in [-0.05, 0) is 26.0 Å². The Bertz CT molecular complexity index is 689. The zero-order valence-electron chi connectivity index (χ0n) is 13.1. The van der Waals surface area contributed by atoms with Gasteiger partial charge in [0.15, 0.2) is 5.82 Å². The minimum absolute atomic E-state index is 0.0167. The van der Waals surface area contributed by atoms with Crippen molar-refractivity contribution in [3.05, 3.63) is 41.2 Å². The van der Waals surface area contributed by atoms with E-state index in [0.717, 1.165) is 0 Å². The molecule has 23 heavy (non-hydrogen) atoms. The number of likely N-dealkylation sites (tertiary alicyclic amines) is 1. The fraction of sp³-hybridized carbons (Fsp3) is 0.438. The van der Waals surface area contributed by atoms with E-state index in [4.69, 9.17) is 9.26 Å². The molecule has 0 spiro atoms. The topological polar surface area (TPSA) is 68.5 Å². The number of piperidine rings is 1. The van der Waals surface area contributed by atoms with Crippen molar-refractivity contribution in [1.82, 2.24) is 15.0 Å². The third-order valence-electron chi connectivity index (χ3n) is 3.98. The lowest BCUT2D eigenvalue weighted by Gasteiger charge is -2.31. The van der Waals surface area contributed by atoms with Crippen LogP contribution in [0.15, 0.2) is 22.9 Å². The van der Waals surface area contributed by atoms with Crippen molar-refractivity contribution in [2.24, 2.45) is 0 Å². The second-order valence-electron chi connectivity index (χ2n) is 5.60. The smallest absolute Gasteiger partial charge is 0.259 e. The van der Waals surface area contributed by atoms with Crippen LogP contribution in [0.25, 0.3) is 0 Å². The van der Waals surface area contributed by atoms with Crippen LogP contribution in [0.5, 0.6) is 5.88 Å². The lowest BCUT2D eigenvalue weighted by Crippen LogP contribution is -2.42. The van der Waals surface area contributed by atoms with E-state index in [1.165, 1.54) is 18.3 Å². The van der Waals surface area contributed by atoms with Crippen molar-refractivity contribution in [2.45, 2.75) is 32.8 Å². The third-order valence-corrected chi connectivity index (χ3v) is 3.98. The van der Waals surface area contributed by atoms with Crippen LogP contribution in [-0.2, 0) is 0 Å². The lowest BCUT2D eigenvalue weighted by atomic mass is 10.1. The number of pyridine rings is 1. The highest BCUT2D eigenvalue weighted by atomic mass is 19.1. The molecule has 0 N–H and O–H groups in total. The first-order valence-electron chi connectivity index (χ1n) is 7.55. The molecule has 0 bridgehead atoms. The largest absolute Gasteiger partial charge is 0.472 e. The van der Waals surface area contributed by atoms with Crippen LogP contribution >= 0.6 is 0 Å². The van der Waals surface area contributed by atoms with E-state index in [-0.39, 0.29) is 17.9 Å². The second kappa shape index (κ2) is 6.36. The number of aryl methyl sites for hydroxylation is 2. The molecule has 7 heteroatoms. The number of hydrogen-bond donors (Lipinski definition) is 0. The predicted octanol–water partition coefficient (Wildman–Crippen LogP) is 2.51. The van der Waals surface area contributed by atoms with Crippen LogP contribution in [0.3, 0.4) is 0 Å². The number of carbonyl (C=O) groups excluding carboxylic acids is 1. The maximum Gasteiger partial charge on any atom is 0.259 e.